The van der Waals surface area contributed by atoms with Gasteiger partial charge in [0.25, 0.3) is 5.91 Å². The summed E-state index contributed by atoms with van der Waals surface area (Å²) in [5.74, 6) is -0.336. The van der Waals surface area contributed by atoms with Gasteiger partial charge in [-0.15, -0.1) is 0 Å². The number of hydrogen-bond acceptors (Lipinski definition) is 6. The van der Waals surface area contributed by atoms with Crippen LogP contribution in [0.2, 0.25) is 10.0 Å². The van der Waals surface area contributed by atoms with Gasteiger partial charge in [-0.3, -0.25) is 4.79 Å². The second kappa shape index (κ2) is 10.9. The molecule has 178 valence electrons. The quantitative estimate of drug-likeness (QED) is 0.356. The van der Waals surface area contributed by atoms with Crippen molar-refractivity contribution in [3.05, 3.63) is 92.3 Å². The molecule has 0 aliphatic carbocycles. The zero-order chi connectivity index (χ0) is 24.9. The molecule has 3 aromatic rings. The number of amides is 1. The zero-order valence-electron chi connectivity index (χ0n) is 18.2. The van der Waals surface area contributed by atoms with Crippen LogP contribution in [0, 0.1) is 0 Å². The summed E-state index contributed by atoms with van der Waals surface area (Å²) in [5.41, 5.74) is 2.08. The second-order valence-corrected chi connectivity index (χ2v) is 9.07. The summed E-state index contributed by atoms with van der Waals surface area (Å²) in [6.07, 6.45) is 1.71. The zero-order valence-corrected chi connectivity index (χ0v) is 20.6. The Morgan fingerprint density at radius 1 is 1.11 bits per heavy atom. The van der Waals surface area contributed by atoms with E-state index in [-0.39, 0.29) is 18.1 Å². The van der Waals surface area contributed by atoms with Gasteiger partial charge in [0.05, 0.1) is 33.3 Å². The Hall–Kier alpha value is -3.46. The first-order valence-electron chi connectivity index (χ1n) is 10.2. The minimum Gasteiger partial charge on any atom is -0.493 e. The number of carbonyl (C=O) groups excluding carboxylic acids is 1. The smallest absolute Gasteiger partial charge is 0.335 e. The van der Waals surface area contributed by atoms with Crippen molar-refractivity contribution in [2.75, 3.05) is 7.11 Å². The third-order valence-electron chi connectivity index (χ3n) is 4.86. The van der Waals surface area contributed by atoms with Crippen LogP contribution in [-0.4, -0.2) is 29.3 Å². The molecule has 0 spiro atoms. The summed E-state index contributed by atoms with van der Waals surface area (Å²) < 4.78 is 11.3. The van der Waals surface area contributed by atoms with Crippen LogP contribution >= 0.6 is 35.0 Å². The van der Waals surface area contributed by atoms with Crippen molar-refractivity contribution in [3.8, 4) is 11.5 Å². The number of nitrogens with one attached hydrogen (secondary N) is 1. The van der Waals surface area contributed by atoms with Crippen LogP contribution in [0.15, 0.2) is 70.6 Å². The minimum absolute atomic E-state index is 0.169. The number of benzene rings is 3. The van der Waals surface area contributed by atoms with Crippen LogP contribution < -0.4 is 14.8 Å². The largest absolute Gasteiger partial charge is 0.493 e. The number of nitrogens with zero attached hydrogens (tertiary/aromatic N) is 1. The molecule has 35 heavy (non-hydrogen) atoms. The molecule has 0 aromatic heterocycles. The highest BCUT2D eigenvalue weighted by Gasteiger charge is 2.24. The molecule has 0 unspecified atom stereocenters. The van der Waals surface area contributed by atoms with Crippen LogP contribution in [0.25, 0.3) is 6.08 Å². The lowest BCUT2D eigenvalue weighted by Crippen LogP contribution is -2.19. The molecule has 2 N–H and O–H groups in total. The molecule has 7 nitrogen and oxygen atoms in total. The number of carboxylic acid groups (broad SMARTS) is 1. The molecular weight excluding hydrogens is 511 g/mol. The number of aliphatic imine (C=N–C) groups is 1. The Bertz CT molecular complexity index is 1370. The number of amidine groups is 1. The lowest BCUT2D eigenvalue weighted by atomic mass is 10.1. The number of thioether (sulfide) groups is 1. The number of halogens is 2. The molecule has 0 bridgehead atoms. The predicted molar refractivity (Wildman–Crippen MR) is 138 cm³/mol. The fraction of sp³-hybridized carbons (Fsp3) is 0.0800. The van der Waals surface area contributed by atoms with Crippen LogP contribution in [0.4, 0.5) is 5.69 Å². The van der Waals surface area contributed by atoms with E-state index in [2.05, 4.69) is 10.3 Å². The number of hydrogen-bond donors (Lipinski definition) is 2. The van der Waals surface area contributed by atoms with E-state index in [0.29, 0.717) is 42.9 Å². The average Bonchev–Trinajstić information content (AvgIpc) is 3.19. The summed E-state index contributed by atoms with van der Waals surface area (Å²) in [4.78, 5) is 28.4. The molecule has 0 saturated carbocycles. The van der Waals surface area contributed by atoms with Crippen molar-refractivity contribution in [2.45, 2.75) is 6.61 Å². The molecule has 10 heteroatoms. The molecule has 1 fully saturated rings. The van der Waals surface area contributed by atoms with Crippen molar-refractivity contribution >= 4 is 63.8 Å². The first-order valence-corrected chi connectivity index (χ1v) is 11.8. The molecule has 1 aliphatic heterocycles. The first kappa shape index (κ1) is 24.7. The van der Waals surface area contributed by atoms with Gasteiger partial charge in [0, 0.05) is 0 Å². The molecule has 4 rings (SSSR count). The Kier molecular flexibility index (Phi) is 7.65. The Balaban J connectivity index is 1.50. The first-order chi connectivity index (χ1) is 16.8. The molecule has 1 amide bonds. The summed E-state index contributed by atoms with van der Waals surface area (Å²) in [6, 6.07) is 16.9. The van der Waals surface area contributed by atoms with Crippen LogP contribution in [0.3, 0.4) is 0 Å². The summed E-state index contributed by atoms with van der Waals surface area (Å²) in [5, 5.41) is 12.9. The maximum atomic E-state index is 12.4. The van der Waals surface area contributed by atoms with Gasteiger partial charge in [0.2, 0.25) is 0 Å². The molecule has 1 aliphatic rings. The lowest BCUT2D eigenvalue weighted by molar-refractivity contribution is -0.115. The van der Waals surface area contributed by atoms with Crippen LogP contribution in [0.5, 0.6) is 11.5 Å². The van der Waals surface area contributed by atoms with Gasteiger partial charge >= 0.3 is 5.97 Å². The molecule has 1 heterocycles. The monoisotopic (exact) mass is 528 g/mol. The SMILES string of the molecule is COc1cc(/C=C2\SC(=Nc3cccc(Cl)c3Cl)NC2=O)ccc1OCc1cccc(C(=O)O)c1. The van der Waals surface area contributed by atoms with E-state index >= 15 is 0 Å². The minimum atomic E-state index is -1.00. The highest BCUT2D eigenvalue weighted by molar-refractivity contribution is 8.18. The van der Waals surface area contributed by atoms with E-state index in [0.717, 1.165) is 5.56 Å². The highest BCUT2D eigenvalue weighted by Crippen LogP contribution is 2.35. The number of carboxylic acids is 1. The lowest BCUT2D eigenvalue weighted by Gasteiger charge is -2.12. The highest BCUT2D eigenvalue weighted by atomic mass is 35.5. The van der Waals surface area contributed by atoms with E-state index in [1.54, 1.807) is 60.7 Å². The van der Waals surface area contributed by atoms with E-state index in [1.165, 1.54) is 24.9 Å². The van der Waals surface area contributed by atoms with Crippen LogP contribution in [-0.2, 0) is 11.4 Å². The van der Waals surface area contributed by atoms with Crippen molar-refractivity contribution < 1.29 is 24.2 Å². The number of aromatic carboxylic acids is 1. The topological polar surface area (TPSA) is 97.2 Å². The van der Waals surface area contributed by atoms with Gasteiger partial charge in [0.15, 0.2) is 16.7 Å². The number of methoxy groups -OCH3 is 1. The van der Waals surface area contributed by atoms with Crippen molar-refractivity contribution in [1.82, 2.24) is 5.32 Å². The normalized spacial score (nSPS) is 15.3. The number of rotatable bonds is 7. The second-order valence-electron chi connectivity index (χ2n) is 7.26. The van der Waals surface area contributed by atoms with Crippen molar-refractivity contribution in [2.24, 2.45) is 4.99 Å². The summed E-state index contributed by atoms with van der Waals surface area (Å²) in [6.45, 7) is 0.169. The van der Waals surface area contributed by atoms with Gasteiger partial charge < -0.3 is 19.9 Å². The molecule has 0 radical (unpaired) electrons. The van der Waals surface area contributed by atoms with Gasteiger partial charge in [-0.1, -0.05) is 47.5 Å². The standard InChI is InChI=1S/C25H18Cl2N2O5S/c1-33-20-11-14(8-9-19(20)34-13-15-4-2-5-16(10-15)24(31)32)12-21-23(30)29-25(35-21)28-18-7-3-6-17(26)22(18)27/h2-12H,13H2,1H3,(H,31,32)(H,28,29,30)/b21-12-. The third-order valence-corrected chi connectivity index (χ3v) is 6.58. The Morgan fingerprint density at radius 3 is 2.69 bits per heavy atom. The molecule has 3 aromatic carbocycles. The predicted octanol–water partition coefficient (Wildman–Crippen LogP) is 6.17. The number of carbonyl (C=O) groups is 2. The van der Waals surface area contributed by atoms with Crippen LogP contribution in [0.1, 0.15) is 21.5 Å². The summed E-state index contributed by atoms with van der Waals surface area (Å²) in [7, 11) is 1.51. The van der Waals surface area contributed by atoms with Gasteiger partial charge in [-0.25, -0.2) is 9.79 Å². The third kappa shape index (κ3) is 5.97. The maximum absolute atomic E-state index is 12.4. The van der Waals surface area contributed by atoms with Gasteiger partial charge in [-0.2, -0.15) is 0 Å². The maximum Gasteiger partial charge on any atom is 0.335 e. The van der Waals surface area contributed by atoms with Crippen molar-refractivity contribution in [1.29, 1.82) is 0 Å². The van der Waals surface area contributed by atoms with E-state index < -0.39 is 5.97 Å². The summed E-state index contributed by atoms with van der Waals surface area (Å²) >= 11 is 13.4. The Labute approximate surface area is 215 Å². The van der Waals surface area contributed by atoms with Crippen molar-refractivity contribution in [3.63, 3.8) is 0 Å². The molecule has 1 saturated heterocycles. The Morgan fingerprint density at radius 2 is 1.91 bits per heavy atom. The molecule has 0 atom stereocenters. The fourth-order valence-corrected chi connectivity index (χ4v) is 4.34. The van der Waals surface area contributed by atoms with E-state index in [9.17, 15) is 9.59 Å². The van der Waals surface area contributed by atoms with E-state index in [1.807, 2.05) is 0 Å². The van der Waals surface area contributed by atoms with Gasteiger partial charge in [-0.05, 0) is 65.4 Å². The average molecular weight is 529 g/mol. The van der Waals surface area contributed by atoms with E-state index in [4.69, 9.17) is 37.8 Å². The molecular formula is C25H18Cl2N2O5S. The fourth-order valence-electron chi connectivity index (χ4n) is 3.17. The number of ether oxygens (including phenoxy) is 2. The van der Waals surface area contributed by atoms with Gasteiger partial charge in [0.1, 0.15) is 6.61 Å².